The van der Waals surface area contributed by atoms with Gasteiger partial charge in [-0.25, -0.2) is 0 Å². The van der Waals surface area contributed by atoms with Crippen molar-refractivity contribution in [3.63, 3.8) is 0 Å². The number of rotatable bonds is 3. The largest absolute Gasteiger partial charge is 0.397 e. The van der Waals surface area contributed by atoms with Crippen LogP contribution in [-0.2, 0) is 0 Å². The zero-order chi connectivity index (χ0) is 11.5. The molecular weight excluding hydrogens is 216 g/mol. The SMILES string of the molecule is CSC1CCC(Nc2c(C)cccc2N)C1. The number of nitrogens with two attached hydrogens (primary N) is 1. The minimum Gasteiger partial charge on any atom is -0.397 e. The number of hydrogen-bond donors (Lipinski definition) is 2. The molecule has 0 radical (unpaired) electrons. The van der Waals surface area contributed by atoms with Crippen LogP contribution in [0.5, 0.6) is 0 Å². The molecule has 2 rings (SSSR count). The Morgan fingerprint density at radius 2 is 2.19 bits per heavy atom. The highest BCUT2D eigenvalue weighted by Crippen LogP contribution is 2.32. The lowest BCUT2D eigenvalue weighted by Gasteiger charge is -2.18. The Labute approximate surface area is 102 Å². The number of para-hydroxylation sites is 1. The van der Waals surface area contributed by atoms with Gasteiger partial charge in [0.15, 0.2) is 0 Å². The molecule has 0 saturated heterocycles. The molecule has 0 aliphatic heterocycles. The summed E-state index contributed by atoms with van der Waals surface area (Å²) in [5.74, 6) is 0. The van der Waals surface area contributed by atoms with E-state index in [1.54, 1.807) is 0 Å². The molecule has 2 atom stereocenters. The Bertz CT molecular complexity index is 345. The lowest BCUT2D eigenvalue weighted by Crippen LogP contribution is -2.17. The maximum absolute atomic E-state index is 6.00. The van der Waals surface area contributed by atoms with Crippen LogP contribution in [0.2, 0.25) is 0 Å². The van der Waals surface area contributed by atoms with Crippen molar-refractivity contribution < 1.29 is 0 Å². The third kappa shape index (κ3) is 2.46. The van der Waals surface area contributed by atoms with E-state index in [0.717, 1.165) is 16.6 Å². The van der Waals surface area contributed by atoms with Gasteiger partial charge in [0.1, 0.15) is 0 Å². The van der Waals surface area contributed by atoms with E-state index in [-0.39, 0.29) is 0 Å². The zero-order valence-corrected chi connectivity index (χ0v) is 10.8. The van der Waals surface area contributed by atoms with Crippen LogP contribution in [0.1, 0.15) is 24.8 Å². The minimum atomic E-state index is 0.598. The molecule has 1 aromatic rings. The third-order valence-corrected chi connectivity index (χ3v) is 4.47. The predicted octanol–water partition coefficient (Wildman–Crippen LogP) is 3.27. The monoisotopic (exact) mass is 236 g/mol. The van der Waals surface area contributed by atoms with E-state index in [0.29, 0.717) is 6.04 Å². The van der Waals surface area contributed by atoms with Crippen LogP contribution in [0.3, 0.4) is 0 Å². The van der Waals surface area contributed by atoms with Crippen LogP contribution in [0.4, 0.5) is 11.4 Å². The van der Waals surface area contributed by atoms with Gasteiger partial charge in [0.05, 0.1) is 11.4 Å². The van der Waals surface area contributed by atoms with Gasteiger partial charge in [-0.15, -0.1) is 0 Å². The number of aryl methyl sites for hydroxylation is 1. The van der Waals surface area contributed by atoms with Crippen molar-refractivity contribution in [1.29, 1.82) is 0 Å². The maximum atomic E-state index is 6.00. The topological polar surface area (TPSA) is 38.0 Å². The van der Waals surface area contributed by atoms with Gasteiger partial charge in [-0.05, 0) is 44.1 Å². The summed E-state index contributed by atoms with van der Waals surface area (Å²) in [4.78, 5) is 0. The van der Waals surface area contributed by atoms with Crippen LogP contribution < -0.4 is 11.1 Å². The number of benzene rings is 1. The fraction of sp³-hybridized carbons (Fsp3) is 0.538. The molecule has 2 nitrogen and oxygen atoms in total. The summed E-state index contributed by atoms with van der Waals surface area (Å²) in [5, 5.41) is 4.43. The van der Waals surface area contributed by atoms with E-state index >= 15 is 0 Å². The van der Waals surface area contributed by atoms with E-state index in [2.05, 4.69) is 24.6 Å². The highest BCUT2D eigenvalue weighted by atomic mass is 32.2. The van der Waals surface area contributed by atoms with Crippen LogP contribution in [0.25, 0.3) is 0 Å². The molecule has 88 valence electrons. The second-order valence-corrected chi connectivity index (χ2v) is 5.69. The summed E-state index contributed by atoms with van der Waals surface area (Å²) in [6, 6.07) is 6.69. The van der Waals surface area contributed by atoms with E-state index in [1.807, 2.05) is 23.9 Å². The molecule has 0 amide bonds. The van der Waals surface area contributed by atoms with Crippen molar-refractivity contribution in [1.82, 2.24) is 0 Å². The summed E-state index contributed by atoms with van der Waals surface area (Å²) < 4.78 is 0. The van der Waals surface area contributed by atoms with Crippen molar-refractivity contribution in [2.24, 2.45) is 0 Å². The van der Waals surface area contributed by atoms with Gasteiger partial charge in [-0.2, -0.15) is 11.8 Å². The average Bonchev–Trinajstić information content (AvgIpc) is 2.71. The van der Waals surface area contributed by atoms with Crippen molar-refractivity contribution in [2.45, 2.75) is 37.5 Å². The first-order chi connectivity index (χ1) is 7.70. The molecule has 0 spiro atoms. The molecule has 3 heteroatoms. The molecule has 1 aliphatic carbocycles. The van der Waals surface area contributed by atoms with Crippen molar-refractivity contribution in [3.05, 3.63) is 23.8 Å². The van der Waals surface area contributed by atoms with Gasteiger partial charge in [-0.3, -0.25) is 0 Å². The molecule has 16 heavy (non-hydrogen) atoms. The van der Waals surface area contributed by atoms with Crippen LogP contribution in [0, 0.1) is 6.92 Å². The lowest BCUT2D eigenvalue weighted by atomic mass is 10.1. The first-order valence-electron chi connectivity index (χ1n) is 5.85. The van der Waals surface area contributed by atoms with E-state index < -0.39 is 0 Å². The molecule has 2 unspecified atom stereocenters. The Kier molecular flexibility index (Phi) is 3.64. The van der Waals surface area contributed by atoms with E-state index in [1.165, 1.54) is 24.8 Å². The quantitative estimate of drug-likeness (QED) is 0.791. The zero-order valence-electron chi connectivity index (χ0n) is 9.99. The summed E-state index contributed by atoms with van der Waals surface area (Å²) >= 11 is 1.98. The average molecular weight is 236 g/mol. The Hall–Kier alpha value is -0.830. The van der Waals surface area contributed by atoms with Gasteiger partial charge in [0.2, 0.25) is 0 Å². The normalized spacial score (nSPS) is 24.6. The van der Waals surface area contributed by atoms with Gasteiger partial charge in [0.25, 0.3) is 0 Å². The van der Waals surface area contributed by atoms with E-state index in [4.69, 9.17) is 5.73 Å². The molecule has 0 bridgehead atoms. The number of anilines is 2. The fourth-order valence-electron chi connectivity index (χ4n) is 2.38. The number of nitrogens with one attached hydrogen (secondary N) is 1. The lowest BCUT2D eigenvalue weighted by molar-refractivity contribution is 0.756. The second-order valence-electron chi connectivity index (χ2n) is 4.55. The van der Waals surface area contributed by atoms with Crippen molar-refractivity contribution in [3.8, 4) is 0 Å². The number of thioether (sulfide) groups is 1. The number of nitrogen functional groups attached to an aromatic ring is 1. The molecular formula is C13H20N2S. The van der Waals surface area contributed by atoms with Crippen molar-refractivity contribution in [2.75, 3.05) is 17.3 Å². The number of hydrogen-bond acceptors (Lipinski definition) is 3. The highest BCUT2D eigenvalue weighted by molar-refractivity contribution is 7.99. The molecule has 1 aromatic carbocycles. The van der Waals surface area contributed by atoms with Crippen molar-refractivity contribution >= 4 is 23.1 Å². The van der Waals surface area contributed by atoms with Gasteiger partial charge >= 0.3 is 0 Å². The third-order valence-electron chi connectivity index (χ3n) is 3.37. The van der Waals surface area contributed by atoms with Gasteiger partial charge in [0, 0.05) is 11.3 Å². The Morgan fingerprint density at radius 1 is 1.38 bits per heavy atom. The molecule has 1 saturated carbocycles. The molecule has 1 fully saturated rings. The molecule has 3 N–H and O–H groups in total. The van der Waals surface area contributed by atoms with E-state index in [9.17, 15) is 0 Å². The second kappa shape index (κ2) is 5.00. The van der Waals surface area contributed by atoms with Crippen LogP contribution >= 0.6 is 11.8 Å². The molecule has 0 aromatic heterocycles. The highest BCUT2D eigenvalue weighted by Gasteiger charge is 2.24. The predicted molar refractivity (Wildman–Crippen MR) is 74.2 cm³/mol. The fourth-order valence-corrected chi connectivity index (χ4v) is 3.17. The summed E-state index contributed by atoms with van der Waals surface area (Å²) in [6.45, 7) is 2.11. The first-order valence-corrected chi connectivity index (χ1v) is 7.14. The van der Waals surface area contributed by atoms with Crippen LogP contribution in [0.15, 0.2) is 18.2 Å². The minimum absolute atomic E-state index is 0.598. The standard InChI is InChI=1S/C13H20N2S/c1-9-4-3-5-12(14)13(9)15-10-6-7-11(8-10)16-2/h3-5,10-11,15H,6-8,14H2,1-2H3. The summed E-state index contributed by atoms with van der Waals surface area (Å²) in [5.41, 5.74) is 9.24. The smallest absolute Gasteiger partial charge is 0.0605 e. The molecule has 1 aliphatic rings. The Balaban J connectivity index is 2.04. The van der Waals surface area contributed by atoms with Gasteiger partial charge < -0.3 is 11.1 Å². The molecule has 0 heterocycles. The first kappa shape index (κ1) is 11.6. The maximum Gasteiger partial charge on any atom is 0.0605 e. The summed E-state index contributed by atoms with van der Waals surface area (Å²) in [6.07, 6.45) is 6.05. The summed E-state index contributed by atoms with van der Waals surface area (Å²) in [7, 11) is 0. The van der Waals surface area contributed by atoms with Gasteiger partial charge in [-0.1, -0.05) is 12.1 Å². The Morgan fingerprint density at radius 3 is 2.81 bits per heavy atom. The van der Waals surface area contributed by atoms with Crippen LogP contribution in [-0.4, -0.2) is 17.5 Å².